The van der Waals surface area contributed by atoms with Gasteiger partial charge in [-0.25, -0.2) is 0 Å². The predicted molar refractivity (Wildman–Crippen MR) is 336 cm³/mol. The minimum Gasteiger partial charge on any atom is -0.466 e. The van der Waals surface area contributed by atoms with Gasteiger partial charge in [-0.05, 0) is 189 Å². The fourth-order valence-corrected chi connectivity index (χ4v) is 11.4. The van der Waals surface area contributed by atoms with Crippen LogP contribution in [0.3, 0.4) is 0 Å². The molecule has 1 aliphatic carbocycles. The lowest BCUT2D eigenvalue weighted by Crippen LogP contribution is -2.41. The van der Waals surface area contributed by atoms with Gasteiger partial charge in [0.15, 0.2) is 0 Å². The number of aromatic nitrogens is 2. The minimum absolute atomic E-state index is 0.0195. The van der Waals surface area contributed by atoms with Crippen molar-refractivity contribution < 1.29 is 61.4 Å². The number of nitrogens with zero attached hydrogens (tertiary/aromatic N) is 2. The van der Waals surface area contributed by atoms with E-state index in [4.69, 9.17) is 47.0 Å². The molecule has 4 aliphatic rings. The van der Waals surface area contributed by atoms with Crippen LogP contribution in [0.1, 0.15) is 149 Å². The summed E-state index contributed by atoms with van der Waals surface area (Å²) in [5.74, 6) is -0.162. The number of alkyl halides is 1. The van der Waals surface area contributed by atoms with Gasteiger partial charge in [0, 0.05) is 28.5 Å². The smallest absolute Gasteiger partial charge is 0.466 e. The van der Waals surface area contributed by atoms with Crippen LogP contribution in [0, 0.1) is 16.7 Å². The normalized spacial score (nSPS) is 21.6. The number of halogens is 1. The molecule has 3 saturated heterocycles. The highest BCUT2D eigenvalue weighted by Crippen LogP contribution is 2.49. The molecule has 4 fully saturated rings. The Hall–Kier alpha value is -5.36. The summed E-state index contributed by atoms with van der Waals surface area (Å²) < 4.78 is 46.3. The highest BCUT2D eigenvalue weighted by Gasteiger charge is 2.64. The number of allylic oxidation sites excluding steroid dienone is 1. The number of pyridine rings is 2. The van der Waals surface area contributed by atoms with E-state index in [1.807, 2.05) is 86.8 Å². The molecule has 0 spiro atoms. The topological polar surface area (TPSA) is 185 Å². The zero-order valence-electron chi connectivity index (χ0n) is 52.5. The SMILES string of the molecule is C=CCC(CCBr)(C(C)=O)C(=O)OCC.CC1(C)OB(B2OC(C)(C)C(C)(C)O2)OC1(C)C.CCOC(=O)C1(CC)CCC(CB2OC(C)(C)C(C)(C)O2)C1.O=C=O.c1ccc(-c2ccnc3c2ccc2c(-c4ccccc4)ccnc23)cc1. The van der Waals surface area contributed by atoms with E-state index in [9.17, 15) is 14.4 Å². The maximum Gasteiger partial charge on any atom is 0.488 e. The maximum atomic E-state index is 12.3. The molecular weight excluding hydrogens is 1130 g/mol. The first-order chi connectivity index (χ1) is 39.4. The van der Waals surface area contributed by atoms with E-state index in [1.165, 1.54) is 29.2 Å². The van der Waals surface area contributed by atoms with Crippen molar-refractivity contribution in [3.63, 3.8) is 0 Å². The van der Waals surface area contributed by atoms with Crippen LogP contribution in [-0.2, 0) is 61.4 Å². The van der Waals surface area contributed by atoms with Crippen molar-refractivity contribution >= 4 is 82.7 Å². The van der Waals surface area contributed by atoms with Gasteiger partial charge in [-0.15, -0.1) is 6.58 Å². The molecule has 3 aliphatic heterocycles. The van der Waals surface area contributed by atoms with Crippen molar-refractivity contribution in [1.29, 1.82) is 0 Å². The third-order valence-electron chi connectivity index (χ3n) is 17.8. The van der Waals surface area contributed by atoms with E-state index in [0.717, 1.165) is 53.8 Å². The third kappa shape index (κ3) is 15.8. The Labute approximate surface area is 508 Å². The average molecular weight is 1220 g/mol. The first kappa shape index (κ1) is 69.4. The summed E-state index contributed by atoms with van der Waals surface area (Å²) >= 11 is 3.25. The Morgan fingerprint density at radius 2 is 1.06 bits per heavy atom. The lowest BCUT2D eigenvalue weighted by atomic mass is 9.49. The summed E-state index contributed by atoms with van der Waals surface area (Å²) in [6.45, 7) is 36.0. The lowest BCUT2D eigenvalue weighted by molar-refractivity contribution is -0.191. The van der Waals surface area contributed by atoms with E-state index in [1.54, 1.807) is 13.0 Å². The maximum absolute atomic E-state index is 12.3. The van der Waals surface area contributed by atoms with E-state index in [0.29, 0.717) is 30.7 Å². The van der Waals surface area contributed by atoms with E-state index in [2.05, 4.69) is 140 Å². The predicted octanol–water partition coefficient (Wildman–Crippen LogP) is 14.1. The van der Waals surface area contributed by atoms with Gasteiger partial charge in [-0.2, -0.15) is 9.59 Å². The molecule has 2 aromatic heterocycles. The number of rotatable bonds is 15. The molecule has 5 aromatic rings. The quantitative estimate of drug-likeness (QED) is 0.0241. The van der Waals surface area contributed by atoms with Crippen LogP contribution < -0.4 is 0 Å². The monoisotopic (exact) mass is 1220 g/mol. The van der Waals surface area contributed by atoms with Gasteiger partial charge in [0.1, 0.15) is 11.2 Å². The molecule has 0 N–H and O–H groups in total. The summed E-state index contributed by atoms with van der Waals surface area (Å²) in [6.07, 6.45) is 10.9. The van der Waals surface area contributed by atoms with Gasteiger partial charge in [0.05, 0.1) is 63.3 Å². The summed E-state index contributed by atoms with van der Waals surface area (Å²) in [5.41, 5.74) is 3.31. The van der Waals surface area contributed by atoms with Crippen LogP contribution in [0.25, 0.3) is 44.1 Å². The van der Waals surface area contributed by atoms with Crippen LogP contribution in [0.2, 0.25) is 6.32 Å². The van der Waals surface area contributed by atoms with E-state index >= 15 is 0 Å². The number of hydrogen-bond donors (Lipinski definition) is 0. The highest BCUT2D eigenvalue weighted by atomic mass is 79.9. The fourth-order valence-electron chi connectivity index (χ4n) is 10.7. The molecule has 3 atom stereocenters. The van der Waals surface area contributed by atoms with Gasteiger partial charge < -0.3 is 37.4 Å². The van der Waals surface area contributed by atoms with Gasteiger partial charge in [-0.3, -0.25) is 24.4 Å². The lowest BCUT2D eigenvalue weighted by Gasteiger charge is -2.32. The third-order valence-corrected chi connectivity index (χ3v) is 18.2. The first-order valence-corrected chi connectivity index (χ1v) is 30.4. The van der Waals surface area contributed by atoms with Gasteiger partial charge in [-0.1, -0.05) is 102 Å². The molecule has 15 nitrogen and oxygen atoms in total. The largest absolute Gasteiger partial charge is 0.488 e. The number of ether oxygens (including phenoxy) is 2. The van der Waals surface area contributed by atoms with Crippen molar-refractivity contribution in [3.05, 3.63) is 110 Å². The molecule has 0 bridgehead atoms. The van der Waals surface area contributed by atoms with Crippen LogP contribution >= 0.6 is 15.9 Å². The molecule has 5 heterocycles. The second-order valence-electron chi connectivity index (χ2n) is 24.8. The van der Waals surface area contributed by atoms with Crippen LogP contribution in [0.4, 0.5) is 0 Å². The van der Waals surface area contributed by atoms with Crippen LogP contribution in [0.15, 0.2) is 110 Å². The number of esters is 2. The van der Waals surface area contributed by atoms with Gasteiger partial charge in [0.25, 0.3) is 0 Å². The molecule has 3 aromatic carbocycles. The number of fused-ring (bicyclic) bond motifs is 3. The number of benzene rings is 3. The summed E-state index contributed by atoms with van der Waals surface area (Å²) in [6, 6.07) is 29.3. The number of ketones is 1. The molecule has 84 heavy (non-hydrogen) atoms. The Kier molecular flexibility index (Phi) is 23.9. The molecule has 3 unspecified atom stereocenters. The van der Waals surface area contributed by atoms with Crippen LogP contribution in [0.5, 0.6) is 0 Å². The summed E-state index contributed by atoms with van der Waals surface area (Å²) in [7, 11) is -1.11. The molecule has 452 valence electrons. The van der Waals surface area contributed by atoms with Crippen molar-refractivity contribution in [2.24, 2.45) is 16.7 Å². The fraction of sp³-hybridized carbons (Fsp3) is 0.538. The van der Waals surface area contributed by atoms with Gasteiger partial charge >= 0.3 is 39.2 Å². The van der Waals surface area contributed by atoms with E-state index in [-0.39, 0.29) is 70.7 Å². The molecule has 9 rings (SSSR count). The second-order valence-corrected chi connectivity index (χ2v) is 25.6. The average Bonchev–Trinajstić information content (AvgIpc) is 1.78. The molecular formula is C65H88B3BrN2O13. The number of carbonyl (C=O) groups is 3. The van der Waals surface area contributed by atoms with Gasteiger partial charge in [0.2, 0.25) is 0 Å². The summed E-state index contributed by atoms with van der Waals surface area (Å²) in [4.78, 5) is 61.3. The minimum atomic E-state index is -1.05. The Morgan fingerprint density at radius 3 is 1.42 bits per heavy atom. The molecule has 19 heteroatoms. The second kappa shape index (κ2) is 28.9. The van der Waals surface area contributed by atoms with Crippen molar-refractivity contribution in [1.82, 2.24) is 9.97 Å². The standard InChI is InChI=1S/C24H16N2.C17H31BO4.C12H24B2O4.C11H17BrO3.CO2/c1-3-7-17(8-4-1)19-13-15-25-23-21(19)11-12-22-20(14-16-26-24(22)23)18-9-5-2-6-10-18;1-7-17(14(19)20-8-2)10-9-13(11-17)12-18-21-15(3,4)16(5,6)22-18;1-9(2)10(3,4)16-13(15-9)14-17-11(5,6)12(7,8)18-14;1-4-6-11(7-8-12,9(3)13)10(14)15-5-2;2-1-3/h1-16H;13H,7-12H2,1-6H3;1-8H3;4H,1,5-8H2,2-3H3;. The molecule has 0 amide bonds. The molecule has 0 radical (unpaired) electrons. The Morgan fingerprint density at radius 1 is 0.655 bits per heavy atom. The Balaban J connectivity index is 0.000000206. The van der Waals surface area contributed by atoms with Crippen molar-refractivity contribution in [3.8, 4) is 22.3 Å². The van der Waals surface area contributed by atoms with Crippen molar-refractivity contribution in [2.75, 3.05) is 18.5 Å². The zero-order valence-corrected chi connectivity index (χ0v) is 54.1. The van der Waals surface area contributed by atoms with E-state index < -0.39 is 25.4 Å². The first-order valence-electron chi connectivity index (χ1n) is 29.3. The number of Topliss-reactive ketones (excluding diaryl/α,β-unsaturated/α-hetero) is 1. The zero-order chi connectivity index (χ0) is 62.5. The van der Waals surface area contributed by atoms with Crippen molar-refractivity contribution in [2.45, 2.75) is 189 Å². The Bertz CT molecular complexity index is 2880. The summed E-state index contributed by atoms with van der Waals surface area (Å²) in [5, 5.41) is 2.84. The number of hydrogen-bond acceptors (Lipinski definition) is 15. The number of carbonyl (C=O) groups excluding carboxylic acids is 5. The highest BCUT2D eigenvalue weighted by molar-refractivity contribution is 9.09. The molecule has 1 saturated carbocycles. The van der Waals surface area contributed by atoms with Crippen LogP contribution in [-0.4, -0.2) is 107 Å².